The smallest absolute Gasteiger partial charge is 0.337 e. The largest absolute Gasteiger partial charge is 0.465 e. The van der Waals surface area contributed by atoms with E-state index in [9.17, 15) is 9.59 Å². The number of nitrogens with zero attached hydrogens (tertiary/aromatic N) is 2. The van der Waals surface area contributed by atoms with E-state index in [0.29, 0.717) is 21.3 Å². The van der Waals surface area contributed by atoms with E-state index < -0.39 is 5.66 Å². The zero-order valence-corrected chi connectivity index (χ0v) is 22.9. The van der Waals surface area contributed by atoms with Crippen LogP contribution in [-0.4, -0.2) is 35.3 Å². The maximum atomic E-state index is 13.9. The summed E-state index contributed by atoms with van der Waals surface area (Å²) in [4.78, 5) is 32.5. The van der Waals surface area contributed by atoms with Crippen LogP contribution in [-0.2, 0) is 9.53 Å². The van der Waals surface area contributed by atoms with Crippen molar-refractivity contribution in [2.24, 2.45) is 4.99 Å². The average Bonchev–Trinajstić information content (AvgIpc) is 3.12. The highest BCUT2D eigenvalue weighted by molar-refractivity contribution is 6.46. The van der Waals surface area contributed by atoms with Crippen molar-refractivity contribution in [1.82, 2.24) is 4.90 Å². The standard InChI is InChI=1S/C30H30Cl2N2O3/c1-5-6-7-26(20-10-14-22(15-11-20)29(36)37-4)34-28(35)27(33-30(34,2)3)21-12-8-19(9-13-21)23-16-24(31)18-25(32)17-23/h8-18,26H,5-7H2,1-4H3/t26-/m1/s1. The molecule has 0 N–H and O–H groups in total. The quantitative estimate of drug-likeness (QED) is 0.276. The van der Waals surface area contributed by atoms with Gasteiger partial charge in [-0.25, -0.2) is 4.79 Å². The number of halogens is 2. The molecule has 0 radical (unpaired) electrons. The highest BCUT2D eigenvalue weighted by Gasteiger charge is 2.44. The number of unbranched alkanes of at least 4 members (excludes halogenated alkanes) is 1. The zero-order chi connectivity index (χ0) is 26.7. The summed E-state index contributed by atoms with van der Waals surface area (Å²) < 4.78 is 4.83. The van der Waals surface area contributed by atoms with Gasteiger partial charge in [-0.05, 0) is 67.3 Å². The van der Waals surface area contributed by atoms with Crippen molar-refractivity contribution >= 4 is 40.8 Å². The molecule has 1 atom stereocenters. The number of esters is 1. The average molecular weight is 537 g/mol. The highest BCUT2D eigenvalue weighted by atomic mass is 35.5. The molecule has 0 saturated carbocycles. The second kappa shape index (κ2) is 11.1. The molecule has 0 bridgehead atoms. The molecule has 0 saturated heterocycles. The van der Waals surface area contributed by atoms with Gasteiger partial charge in [-0.2, -0.15) is 0 Å². The van der Waals surface area contributed by atoms with Gasteiger partial charge in [0.05, 0.1) is 18.7 Å². The van der Waals surface area contributed by atoms with Crippen LogP contribution in [0.3, 0.4) is 0 Å². The second-order valence-electron chi connectivity index (χ2n) is 9.64. The monoisotopic (exact) mass is 536 g/mol. The summed E-state index contributed by atoms with van der Waals surface area (Å²) in [7, 11) is 1.36. The van der Waals surface area contributed by atoms with E-state index >= 15 is 0 Å². The summed E-state index contributed by atoms with van der Waals surface area (Å²) in [6.07, 6.45) is 2.75. The molecule has 3 aromatic carbocycles. The Bertz CT molecular complexity index is 1310. The van der Waals surface area contributed by atoms with Crippen LogP contribution in [0.2, 0.25) is 10.0 Å². The van der Waals surface area contributed by atoms with Gasteiger partial charge in [0, 0.05) is 15.6 Å². The first-order valence-corrected chi connectivity index (χ1v) is 13.1. The third kappa shape index (κ3) is 5.73. The number of methoxy groups -OCH3 is 1. The van der Waals surface area contributed by atoms with Gasteiger partial charge in [-0.1, -0.05) is 79.4 Å². The van der Waals surface area contributed by atoms with Crippen molar-refractivity contribution in [3.8, 4) is 11.1 Å². The maximum absolute atomic E-state index is 13.9. The van der Waals surface area contributed by atoms with Gasteiger partial charge in [0.15, 0.2) is 0 Å². The van der Waals surface area contributed by atoms with Gasteiger partial charge in [0.1, 0.15) is 11.4 Å². The second-order valence-corrected chi connectivity index (χ2v) is 10.5. The van der Waals surface area contributed by atoms with E-state index in [0.717, 1.165) is 41.5 Å². The molecule has 192 valence electrons. The van der Waals surface area contributed by atoms with Crippen molar-refractivity contribution in [1.29, 1.82) is 0 Å². The lowest BCUT2D eigenvalue weighted by atomic mass is 9.95. The van der Waals surface area contributed by atoms with Gasteiger partial charge in [0.2, 0.25) is 0 Å². The fraction of sp³-hybridized carbons (Fsp3) is 0.300. The van der Waals surface area contributed by atoms with Crippen LogP contribution in [0.15, 0.2) is 71.7 Å². The Morgan fingerprint density at radius 3 is 2.11 bits per heavy atom. The molecular formula is C30H30Cl2N2O3. The highest BCUT2D eigenvalue weighted by Crippen LogP contribution is 2.38. The molecule has 0 aliphatic carbocycles. The van der Waals surface area contributed by atoms with Crippen LogP contribution in [0.5, 0.6) is 0 Å². The number of carbonyl (C=O) groups is 2. The first-order valence-electron chi connectivity index (χ1n) is 12.3. The molecule has 0 unspecified atom stereocenters. The van der Waals surface area contributed by atoms with Crippen molar-refractivity contribution in [2.75, 3.05) is 7.11 Å². The molecule has 0 spiro atoms. The Balaban J connectivity index is 1.64. The Morgan fingerprint density at radius 2 is 1.54 bits per heavy atom. The molecular weight excluding hydrogens is 507 g/mol. The molecule has 1 heterocycles. The summed E-state index contributed by atoms with van der Waals surface area (Å²) in [6, 6.07) is 20.2. The minimum absolute atomic E-state index is 0.110. The van der Waals surface area contributed by atoms with Crippen LogP contribution >= 0.6 is 23.2 Å². The Morgan fingerprint density at radius 1 is 0.946 bits per heavy atom. The SMILES string of the molecule is CCCC[C@H](c1ccc(C(=O)OC)cc1)N1C(=O)C(c2ccc(-c3cc(Cl)cc(Cl)c3)cc2)=NC1(C)C. The van der Waals surface area contributed by atoms with Crippen LogP contribution < -0.4 is 0 Å². The molecule has 1 aliphatic rings. The number of amides is 1. The minimum atomic E-state index is -0.731. The summed E-state index contributed by atoms with van der Waals surface area (Å²) in [5.41, 5.74) is 3.76. The first-order chi connectivity index (χ1) is 17.6. The molecule has 37 heavy (non-hydrogen) atoms. The lowest BCUT2D eigenvalue weighted by Gasteiger charge is -2.37. The van der Waals surface area contributed by atoms with Gasteiger partial charge in [0.25, 0.3) is 5.91 Å². The number of aliphatic imine (C=N–C) groups is 1. The molecule has 7 heteroatoms. The third-order valence-corrected chi connectivity index (χ3v) is 7.05. The topological polar surface area (TPSA) is 59.0 Å². The number of hydrogen-bond acceptors (Lipinski definition) is 4. The molecule has 1 amide bonds. The number of rotatable bonds is 8. The van der Waals surface area contributed by atoms with Gasteiger partial charge >= 0.3 is 5.97 Å². The van der Waals surface area contributed by atoms with Crippen LogP contribution in [0.4, 0.5) is 0 Å². The fourth-order valence-corrected chi connectivity index (χ4v) is 5.32. The van der Waals surface area contributed by atoms with E-state index in [1.807, 2.05) is 67.3 Å². The van der Waals surface area contributed by atoms with E-state index in [2.05, 4.69) is 6.92 Å². The number of ether oxygens (including phenoxy) is 1. The predicted octanol–water partition coefficient (Wildman–Crippen LogP) is 7.75. The van der Waals surface area contributed by atoms with E-state index in [4.69, 9.17) is 32.9 Å². The van der Waals surface area contributed by atoms with Crippen molar-refractivity contribution < 1.29 is 14.3 Å². The fourth-order valence-electron chi connectivity index (χ4n) is 4.79. The Kier molecular flexibility index (Phi) is 8.05. The summed E-state index contributed by atoms with van der Waals surface area (Å²) in [6.45, 7) is 6.05. The van der Waals surface area contributed by atoms with Crippen LogP contribution in [0.25, 0.3) is 11.1 Å². The minimum Gasteiger partial charge on any atom is -0.465 e. The van der Waals surface area contributed by atoms with Crippen molar-refractivity contribution in [3.05, 3.63) is 93.5 Å². The predicted molar refractivity (Wildman–Crippen MR) is 149 cm³/mol. The number of hydrogen-bond donors (Lipinski definition) is 0. The van der Waals surface area contributed by atoms with Gasteiger partial charge < -0.3 is 9.64 Å². The summed E-state index contributed by atoms with van der Waals surface area (Å²) in [5, 5.41) is 1.13. The van der Waals surface area contributed by atoms with E-state index in [1.54, 1.807) is 18.2 Å². The van der Waals surface area contributed by atoms with Crippen LogP contribution in [0.1, 0.15) is 67.6 Å². The van der Waals surface area contributed by atoms with Crippen molar-refractivity contribution in [3.63, 3.8) is 0 Å². The first kappa shape index (κ1) is 26.9. The molecule has 5 nitrogen and oxygen atoms in total. The maximum Gasteiger partial charge on any atom is 0.337 e. The van der Waals surface area contributed by atoms with E-state index in [-0.39, 0.29) is 17.9 Å². The Hall–Kier alpha value is -3.15. The molecule has 0 aromatic heterocycles. The number of carbonyl (C=O) groups excluding carboxylic acids is 2. The molecule has 0 fully saturated rings. The number of benzene rings is 3. The van der Waals surface area contributed by atoms with Gasteiger partial charge in [-0.15, -0.1) is 0 Å². The molecule has 4 rings (SSSR count). The van der Waals surface area contributed by atoms with Gasteiger partial charge in [-0.3, -0.25) is 9.79 Å². The Labute approximate surface area is 228 Å². The van der Waals surface area contributed by atoms with Crippen LogP contribution in [0, 0.1) is 0 Å². The normalized spacial score (nSPS) is 15.5. The summed E-state index contributed by atoms with van der Waals surface area (Å²) in [5.74, 6) is -0.495. The van der Waals surface area contributed by atoms with E-state index in [1.165, 1.54) is 7.11 Å². The lowest BCUT2D eigenvalue weighted by Crippen LogP contribution is -2.45. The summed E-state index contributed by atoms with van der Waals surface area (Å²) >= 11 is 12.3. The molecule has 1 aliphatic heterocycles. The molecule has 3 aromatic rings. The van der Waals surface area contributed by atoms with Crippen molar-refractivity contribution in [2.45, 2.75) is 51.7 Å². The third-order valence-electron chi connectivity index (χ3n) is 6.61. The zero-order valence-electron chi connectivity index (χ0n) is 21.4. The lowest BCUT2D eigenvalue weighted by molar-refractivity contribution is -0.130.